The number of aromatic nitrogens is 3. The van der Waals surface area contributed by atoms with E-state index in [1.165, 1.54) is 53.4 Å². The van der Waals surface area contributed by atoms with Gasteiger partial charge in [-0.2, -0.15) is 0 Å². The summed E-state index contributed by atoms with van der Waals surface area (Å²) in [5.41, 5.74) is 5.35. The first-order chi connectivity index (χ1) is 15.4. The lowest BCUT2D eigenvalue weighted by Crippen LogP contribution is -2.15. The molecule has 1 aliphatic rings. The van der Waals surface area contributed by atoms with E-state index in [-0.39, 0.29) is 17.5 Å². The molecule has 0 aliphatic heterocycles. The van der Waals surface area contributed by atoms with Crippen molar-refractivity contribution < 1.29 is 13.9 Å². The van der Waals surface area contributed by atoms with Crippen LogP contribution >= 0.6 is 11.8 Å². The Bertz CT molecular complexity index is 1150. The van der Waals surface area contributed by atoms with Gasteiger partial charge in [0.25, 0.3) is 0 Å². The fourth-order valence-electron chi connectivity index (χ4n) is 3.93. The molecule has 8 heteroatoms. The molecular weight excluding hydrogens is 427 g/mol. The number of hydrogen-bond acceptors (Lipinski definition) is 5. The average Bonchev–Trinajstić information content (AvgIpc) is 3.14. The van der Waals surface area contributed by atoms with Crippen molar-refractivity contribution in [2.45, 2.75) is 51.3 Å². The SMILES string of the molecule is Cc1ccc(F)cc1NC(=O)CSc1nnc(COc2ccc3c(c2C)CCCC3)n1C. The standard InChI is InChI=1S/C24H27FN4O2S/c1-15-8-10-18(25)12-20(15)26-23(30)14-32-24-28-27-22(29(24)3)13-31-21-11-9-17-6-4-5-7-19(17)16(21)2/h8-12H,4-7,13-14H2,1-3H3,(H,26,30). The molecule has 2 aromatic carbocycles. The Morgan fingerprint density at radius 1 is 1.19 bits per heavy atom. The molecular formula is C24H27FN4O2S. The third-order valence-electron chi connectivity index (χ3n) is 5.86. The van der Waals surface area contributed by atoms with Crippen LogP contribution in [-0.2, 0) is 31.3 Å². The van der Waals surface area contributed by atoms with Gasteiger partial charge in [0.05, 0.1) is 5.75 Å². The van der Waals surface area contributed by atoms with Gasteiger partial charge >= 0.3 is 0 Å². The number of ether oxygens (including phenoxy) is 1. The third-order valence-corrected chi connectivity index (χ3v) is 6.88. The highest BCUT2D eigenvalue weighted by molar-refractivity contribution is 7.99. The smallest absolute Gasteiger partial charge is 0.234 e. The molecule has 0 saturated carbocycles. The molecule has 3 aromatic rings. The van der Waals surface area contributed by atoms with Gasteiger partial charge in [0.2, 0.25) is 5.91 Å². The van der Waals surface area contributed by atoms with E-state index in [0.29, 0.717) is 23.3 Å². The van der Waals surface area contributed by atoms with Gasteiger partial charge < -0.3 is 14.6 Å². The van der Waals surface area contributed by atoms with Crippen molar-refractivity contribution in [3.63, 3.8) is 0 Å². The van der Waals surface area contributed by atoms with Crippen LogP contribution < -0.4 is 10.1 Å². The number of carbonyl (C=O) groups excluding carboxylic acids is 1. The van der Waals surface area contributed by atoms with Crippen molar-refractivity contribution >= 4 is 23.4 Å². The predicted molar refractivity (Wildman–Crippen MR) is 124 cm³/mol. The molecule has 0 fully saturated rings. The second kappa shape index (κ2) is 9.73. The van der Waals surface area contributed by atoms with Crippen LogP contribution in [0.2, 0.25) is 0 Å². The fourth-order valence-corrected chi connectivity index (χ4v) is 4.66. The molecule has 1 aromatic heterocycles. The van der Waals surface area contributed by atoms with Gasteiger partial charge in [-0.3, -0.25) is 4.79 Å². The molecule has 0 atom stereocenters. The van der Waals surface area contributed by atoms with Crippen molar-refractivity contribution in [1.82, 2.24) is 14.8 Å². The Balaban J connectivity index is 1.34. The summed E-state index contributed by atoms with van der Waals surface area (Å²) in [5, 5.41) is 11.8. The first-order valence-electron chi connectivity index (χ1n) is 10.7. The maximum atomic E-state index is 13.4. The second-order valence-electron chi connectivity index (χ2n) is 8.08. The van der Waals surface area contributed by atoms with Gasteiger partial charge in [0.1, 0.15) is 18.2 Å². The Morgan fingerprint density at radius 2 is 2.00 bits per heavy atom. The quantitative estimate of drug-likeness (QED) is 0.522. The summed E-state index contributed by atoms with van der Waals surface area (Å²) in [5.74, 6) is 1.10. The van der Waals surface area contributed by atoms with Gasteiger partial charge in [-0.05, 0) is 80.0 Å². The lowest BCUT2D eigenvalue weighted by Gasteiger charge is -2.20. The fraction of sp³-hybridized carbons (Fsp3) is 0.375. The van der Waals surface area contributed by atoms with E-state index in [2.05, 4.69) is 28.5 Å². The molecule has 6 nitrogen and oxygen atoms in total. The number of fused-ring (bicyclic) bond motifs is 1. The van der Waals surface area contributed by atoms with Gasteiger partial charge in [0, 0.05) is 12.7 Å². The summed E-state index contributed by atoms with van der Waals surface area (Å²) in [6, 6.07) is 8.54. The van der Waals surface area contributed by atoms with Crippen LogP contribution in [0.5, 0.6) is 5.75 Å². The van der Waals surface area contributed by atoms with Gasteiger partial charge in [-0.15, -0.1) is 10.2 Å². The molecule has 168 valence electrons. The van der Waals surface area contributed by atoms with Gasteiger partial charge in [0.15, 0.2) is 11.0 Å². The number of halogens is 1. The van der Waals surface area contributed by atoms with Crippen LogP contribution in [0, 0.1) is 19.7 Å². The number of anilines is 1. The highest BCUT2D eigenvalue weighted by Crippen LogP contribution is 2.31. The number of nitrogens with zero attached hydrogens (tertiary/aromatic N) is 3. The first-order valence-corrected chi connectivity index (χ1v) is 11.7. The number of nitrogens with one attached hydrogen (secondary N) is 1. The van der Waals surface area contributed by atoms with Crippen molar-refractivity contribution in [2.75, 3.05) is 11.1 Å². The van der Waals surface area contributed by atoms with E-state index in [4.69, 9.17) is 4.74 Å². The van der Waals surface area contributed by atoms with Crippen LogP contribution in [0.25, 0.3) is 0 Å². The monoisotopic (exact) mass is 454 g/mol. The van der Waals surface area contributed by atoms with Crippen LogP contribution in [-0.4, -0.2) is 26.4 Å². The van der Waals surface area contributed by atoms with Crippen LogP contribution in [0.4, 0.5) is 10.1 Å². The molecule has 0 bridgehead atoms. The number of rotatable bonds is 7. The van der Waals surface area contributed by atoms with Gasteiger partial charge in [-0.25, -0.2) is 4.39 Å². The second-order valence-corrected chi connectivity index (χ2v) is 9.02. The largest absolute Gasteiger partial charge is 0.485 e. The van der Waals surface area contributed by atoms with Crippen LogP contribution in [0.1, 0.15) is 40.9 Å². The van der Waals surface area contributed by atoms with Crippen molar-refractivity contribution in [2.24, 2.45) is 7.05 Å². The molecule has 0 saturated heterocycles. The van der Waals surface area contributed by atoms with Crippen molar-refractivity contribution in [1.29, 1.82) is 0 Å². The molecule has 0 spiro atoms. The predicted octanol–water partition coefficient (Wildman–Crippen LogP) is 4.76. The minimum Gasteiger partial charge on any atom is -0.485 e. The van der Waals surface area contributed by atoms with Crippen molar-refractivity contribution in [3.8, 4) is 5.75 Å². The zero-order chi connectivity index (χ0) is 22.7. The summed E-state index contributed by atoms with van der Waals surface area (Å²) in [6.45, 7) is 4.25. The lowest BCUT2D eigenvalue weighted by atomic mass is 9.88. The number of aryl methyl sites for hydroxylation is 2. The van der Waals surface area contributed by atoms with E-state index >= 15 is 0 Å². The summed E-state index contributed by atoms with van der Waals surface area (Å²) in [4.78, 5) is 12.3. The van der Waals surface area contributed by atoms with Gasteiger partial charge in [-0.1, -0.05) is 23.9 Å². The summed E-state index contributed by atoms with van der Waals surface area (Å²) >= 11 is 1.28. The minimum atomic E-state index is -0.384. The highest BCUT2D eigenvalue weighted by atomic mass is 32.2. The molecule has 1 aliphatic carbocycles. The highest BCUT2D eigenvalue weighted by Gasteiger charge is 2.16. The number of hydrogen-bond donors (Lipinski definition) is 1. The molecule has 0 unspecified atom stereocenters. The maximum Gasteiger partial charge on any atom is 0.234 e. The molecule has 32 heavy (non-hydrogen) atoms. The Labute approximate surface area is 191 Å². The summed E-state index contributed by atoms with van der Waals surface area (Å²) in [6.07, 6.45) is 4.74. The first kappa shape index (κ1) is 22.3. The number of amides is 1. The third kappa shape index (κ3) is 4.96. The Morgan fingerprint density at radius 3 is 2.84 bits per heavy atom. The molecule has 1 amide bonds. The Kier molecular flexibility index (Phi) is 6.79. The van der Waals surface area contributed by atoms with E-state index in [9.17, 15) is 9.18 Å². The Hall–Kier alpha value is -2.87. The van der Waals surface area contributed by atoms with E-state index in [1.807, 2.05) is 24.6 Å². The van der Waals surface area contributed by atoms with Crippen molar-refractivity contribution in [3.05, 3.63) is 64.2 Å². The van der Waals surface area contributed by atoms with E-state index in [0.717, 1.165) is 24.2 Å². The molecule has 1 N–H and O–H groups in total. The van der Waals surface area contributed by atoms with Crippen LogP contribution in [0.3, 0.4) is 0 Å². The molecule has 0 radical (unpaired) electrons. The normalized spacial score (nSPS) is 13.0. The minimum absolute atomic E-state index is 0.146. The molecule has 1 heterocycles. The van der Waals surface area contributed by atoms with E-state index in [1.54, 1.807) is 6.07 Å². The number of carbonyl (C=O) groups is 1. The number of benzene rings is 2. The summed E-state index contributed by atoms with van der Waals surface area (Å²) < 4.78 is 21.3. The maximum absolute atomic E-state index is 13.4. The summed E-state index contributed by atoms with van der Waals surface area (Å²) in [7, 11) is 1.86. The van der Waals surface area contributed by atoms with E-state index < -0.39 is 0 Å². The number of thioether (sulfide) groups is 1. The zero-order valence-corrected chi connectivity index (χ0v) is 19.4. The van der Waals surface area contributed by atoms with Crippen LogP contribution in [0.15, 0.2) is 35.5 Å². The lowest BCUT2D eigenvalue weighted by molar-refractivity contribution is -0.113. The average molecular weight is 455 g/mol. The topological polar surface area (TPSA) is 69.0 Å². The molecule has 4 rings (SSSR count). The zero-order valence-electron chi connectivity index (χ0n) is 18.6.